The number of carbonyl (C=O) groups excluding carboxylic acids is 2. The van der Waals surface area contributed by atoms with Crippen LogP contribution in [0.1, 0.15) is 63.0 Å². The molecule has 4 bridgehead atoms. The molecule has 2 amide bonds. The number of nitrogens with one attached hydrogen (secondary N) is 1. The van der Waals surface area contributed by atoms with Gasteiger partial charge in [0.15, 0.2) is 0 Å². The molecule has 9 heteroatoms. The summed E-state index contributed by atoms with van der Waals surface area (Å²) in [6.07, 6.45) is 9.27. The van der Waals surface area contributed by atoms with Crippen molar-refractivity contribution in [2.24, 2.45) is 17.8 Å². The van der Waals surface area contributed by atoms with Gasteiger partial charge < -0.3 is 10.2 Å². The molecule has 4 aliphatic rings. The van der Waals surface area contributed by atoms with Gasteiger partial charge in [0.2, 0.25) is 21.8 Å². The van der Waals surface area contributed by atoms with Gasteiger partial charge >= 0.3 is 0 Å². The van der Waals surface area contributed by atoms with Gasteiger partial charge in [-0.05, 0) is 104 Å². The van der Waals surface area contributed by atoms with E-state index in [9.17, 15) is 18.0 Å². The number of amides is 2. The highest BCUT2D eigenvalue weighted by molar-refractivity contribution is 7.92. The minimum Gasteiger partial charge on any atom is -0.357 e. The molecule has 2 aromatic rings. The van der Waals surface area contributed by atoms with E-state index in [-0.39, 0.29) is 17.9 Å². The van der Waals surface area contributed by atoms with E-state index in [1.807, 2.05) is 19.1 Å². The van der Waals surface area contributed by atoms with E-state index in [1.54, 1.807) is 24.3 Å². The Hall–Kier alpha value is -2.58. The second kappa shape index (κ2) is 11.4. The first-order chi connectivity index (χ1) is 19.0. The van der Waals surface area contributed by atoms with Crippen molar-refractivity contribution < 1.29 is 18.0 Å². The number of nitrogens with zero attached hydrogens (tertiary/aromatic N) is 2. The zero-order valence-electron chi connectivity index (χ0n) is 23.6. The van der Waals surface area contributed by atoms with Gasteiger partial charge in [0.05, 0.1) is 11.9 Å². The predicted molar refractivity (Wildman–Crippen MR) is 159 cm³/mol. The van der Waals surface area contributed by atoms with Crippen LogP contribution in [0.3, 0.4) is 0 Å². The molecule has 0 aliphatic heterocycles. The third-order valence-corrected chi connectivity index (χ3v) is 10.8. The first kappa shape index (κ1) is 28.9. The summed E-state index contributed by atoms with van der Waals surface area (Å²) in [4.78, 5) is 28.0. The van der Waals surface area contributed by atoms with Gasteiger partial charge in [0, 0.05) is 18.6 Å². The summed E-state index contributed by atoms with van der Waals surface area (Å²) in [6.45, 7) is 1.60. The van der Waals surface area contributed by atoms with Crippen LogP contribution in [0.2, 0.25) is 5.02 Å². The summed E-state index contributed by atoms with van der Waals surface area (Å²) in [5, 5.41) is 3.21. The number of halogens is 1. The summed E-state index contributed by atoms with van der Waals surface area (Å²) in [5.74, 6) is 1.70. The van der Waals surface area contributed by atoms with E-state index in [0.717, 1.165) is 33.9 Å². The number of carbonyl (C=O) groups is 2. The van der Waals surface area contributed by atoms with Crippen LogP contribution in [-0.2, 0) is 31.6 Å². The molecule has 1 N–H and O–H groups in total. The minimum absolute atomic E-state index is 0.157. The van der Waals surface area contributed by atoms with Crippen molar-refractivity contribution in [3.8, 4) is 0 Å². The number of anilines is 1. The van der Waals surface area contributed by atoms with Gasteiger partial charge in [-0.25, -0.2) is 8.42 Å². The Morgan fingerprint density at radius 1 is 0.975 bits per heavy atom. The molecule has 2 aromatic carbocycles. The van der Waals surface area contributed by atoms with Crippen LogP contribution in [0.4, 0.5) is 5.69 Å². The minimum atomic E-state index is -3.77. The number of hydrogen-bond donors (Lipinski definition) is 1. The number of rotatable bonds is 10. The van der Waals surface area contributed by atoms with E-state index in [4.69, 9.17) is 11.6 Å². The van der Waals surface area contributed by atoms with Gasteiger partial charge in [-0.2, -0.15) is 0 Å². The molecule has 0 aromatic heterocycles. The van der Waals surface area contributed by atoms with E-state index in [1.165, 1.54) is 56.0 Å². The molecule has 0 radical (unpaired) electrons. The molecule has 0 spiro atoms. The van der Waals surface area contributed by atoms with Crippen LogP contribution < -0.4 is 9.62 Å². The smallest absolute Gasteiger partial charge is 0.244 e. The van der Waals surface area contributed by atoms with Crippen LogP contribution in [-0.4, -0.2) is 51.0 Å². The largest absolute Gasteiger partial charge is 0.357 e. The molecule has 1 unspecified atom stereocenters. The Labute approximate surface area is 243 Å². The average Bonchev–Trinajstić information content (AvgIpc) is 2.91. The molecule has 0 saturated heterocycles. The summed E-state index contributed by atoms with van der Waals surface area (Å²) >= 11 is 6.04. The lowest BCUT2D eigenvalue weighted by Crippen LogP contribution is -2.51. The Kier molecular flexibility index (Phi) is 8.22. The monoisotopic (exact) mass is 585 g/mol. The van der Waals surface area contributed by atoms with Crippen molar-refractivity contribution in [1.82, 2.24) is 10.2 Å². The summed E-state index contributed by atoms with van der Waals surface area (Å²) in [6, 6.07) is 14.2. The molecule has 7 nitrogen and oxygen atoms in total. The van der Waals surface area contributed by atoms with Gasteiger partial charge in [-0.15, -0.1) is 0 Å². The van der Waals surface area contributed by atoms with E-state index in [0.29, 0.717) is 17.1 Å². The fraction of sp³-hybridized carbons (Fsp3) is 0.548. The molecule has 6 rings (SSSR count). The van der Waals surface area contributed by atoms with Crippen molar-refractivity contribution in [2.45, 2.75) is 69.9 Å². The highest BCUT2D eigenvalue weighted by Gasteiger charge is 2.51. The highest BCUT2D eigenvalue weighted by atomic mass is 35.5. The third-order valence-electron chi connectivity index (χ3n) is 9.38. The van der Waals surface area contributed by atoms with Crippen molar-refractivity contribution in [2.75, 3.05) is 24.2 Å². The average molecular weight is 586 g/mol. The second-order valence-electron chi connectivity index (χ2n) is 12.2. The van der Waals surface area contributed by atoms with Gasteiger partial charge in [0.1, 0.15) is 12.6 Å². The second-order valence-corrected chi connectivity index (χ2v) is 14.5. The van der Waals surface area contributed by atoms with Gasteiger partial charge in [-0.1, -0.05) is 42.8 Å². The molecular weight excluding hydrogens is 546 g/mol. The van der Waals surface area contributed by atoms with Gasteiger partial charge in [0.25, 0.3) is 0 Å². The van der Waals surface area contributed by atoms with Crippen molar-refractivity contribution >= 4 is 39.1 Å². The molecule has 0 heterocycles. The maximum absolute atomic E-state index is 13.8. The fourth-order valence-corrected chi connectivity index (χ4v) is 8.91. The van der Waals surface area contributed by atoms with Crippen molar-refractivity contribution in [3.05, 3.63) is 64.7 Å². The van der Waals surface area contributed by atoms with E-state index < -0.39 is 28.5 Å². The standard InChI is InChI=1S/C31H40ClN3O4S/c1-4-28(30(37)33-2)34(19-21-5-9-26(32)10-6-21)29(36)20-35(40(3,38)39)27-11-7-25(8-12-27)31-16-22-13-23(17-31)15-24(14-22)18-31/h5-12,22-24,28H,4,13-20H2,1-3H3,(H,33,37). The van der Waals surface area contributed by atoms with Crippen LogP contribution in [0.25, 0.3) is 0 Å². The van der Waals surface area contributed by atoms with Gasteiger partial charge in [-0.3, -0.25) is 13.9 Å². The summed E-state index contributed by atoms with van der Waals surface area (Å²) < 4.78 is 27.1. The Morgan fingerprint density at radius 3 is 2.00 bits per heavy atom. The van der Waals surface area contributed by atoms with E-state index in [2.05, 4.69) is 17.4 Å². The molecule has 4 saturated carbocycles. The fourth-order valence-electron chi connectivity index (χ4n) is 7.93. The molecule has 4 aliphatic carbocycles. The Bertz CT molecular complexity index is 1310. The van der Waals surface area contributed by atoms with Crippen LogP contribution >= 0.6 is 11.6 Å². The number of sulfonamides is 1. The first-order valence-corrected chi connectivity index (χ1v) is 16.6. The predicted octanol–water partition coefficient (Wildman–Crippen LogP) is 5.13. The number of likely N-dealkylation sites (N-methyl/N-ethyl adjacent to an activating group) is 1. The molecule has 1 atom stereocenters. The number of hydrogen-bond acceptors (Lipinski definition) is 4. The lowest BCUT2D eigenvalue weighted by Gasteiger charge is -2.57. The quantitative estimate of drug-likeness (QED) is 0.419. The number of benzene rings is 2. The van der Waals surface area contributed by atoms with Crippen LogP contribution in [0, 0.1) is 17.8 Å². The molecule has 216 valence electrons. The Morgan fingerprint density at radius 2 is 1.52 bits per heavy atom. The third kappa shape index (κ3) is 5.89. The lowest BCUT2D eigenvalue weighted by molar-refractivity contribution is -0.140. The SMILES string of the molecule is CCC(C(=O)NC)N(Cc1ccc(Cl)cc1)C(=O)CN(c1ccc(C23CC4CC(CC(C4)C2)C3)cc1)S(C)(=O)=O. The van der Waals surface area contributed by atoms with E-state index >= 15 is 0 Å². The normalized spacial score (nSPS) is 25.9. The van der Waals surface area contributed by atoms with Crippen LogP contribution in [0.5, 0.6) is 0 Å². The molecule has 40 heavy (non-hydrogen) atoms. The van der Waals surface area contributed by atoms with Crippen LogP contribution in [0.15, 0.2) is 48.5 Å². The maximum Gasteiger partial charge on any atom is 0.244 e. The van der Waals surface area contributed by atoms with Crippen molar-refractivity contribution in [1.29, 1.82) is 0 Å². The zero-order valence-corrected chi connectivity index (χ0v) is 25.2. The summed E-state index contributed by atoms with van der Waals surface area (Å²) in [5.41, 5.74) is 2.76. The van der Waals surface area contributed by atoms with Crippen molar-refractivity contribution in [3.63, 3.8) is 0 Å². The first-order valence-electron chi connectivity index (χ1n) is 14.3. The highest BCUT2D eigenvalue weighted by Crippen LogP contribution is 2.60. The maximum atomic E-state index is 13.8. The zero-order chi connectivity index (χ0) is 28.7. The molecular formula is C31H40ClN3O4S. The lowest BCUT2D eigenvalue weighted by atomic mass is 9.48. The molecule has 4 fully saturated rings. The summed E-state index contributed by atoms with van der Waals surface area (Å²) in [7, 11) is -2.24. The topological polar surface area (TPSA) is 86.8 Å². The Balaban J connectivity index is 1.40.